The van der Waals surface area contributed by atoms with Crippen LogP contribution in [0.2, 0.25) is 0 Å². The summed E-state index contributed by atoms with van der Waals surface area (Å²) in [5.74, 6) is 7.53. The maximum Gasteiger partial charge on any atom is 0.302 e. The maximum absolute atomic E-state index is 12.7. The van der Waals surface area contributed by atoms with E-state index in [1.807, 2.05) is 27.7 Å². The van der Waals surface area contributed by atoms with E-state index in [4.69, 9.17) is 15.2 Å². The fourth-order valence-electron chi connectivity index (χ4n) is 9.10. The molecule has 53 heavy (non-hydrogen) atoms. The van der Waals surface area contributed by atoms with Crippen molar-refractivity contribution in [1.29, 1.82) is 0 Å². The first-order valence-corrected chi connectivity index (χ1v) is 21.9. The second-order valence-electron chi connectivity index (χ2n) is 15.8. The number of aliphatic hydroxyl groups excluding tert-OH is 3. The van der Waals surface area contributed by atoms with Crippen LogP contribution < -0.4 is 26.4 Å². The number of carbonyl (C=O) groups is 1. The van der Waals surface area contributed by atoms with Crippen molar-refractivity contribution < 1.29 is 34.7 Å². The van der Waals surface area contributed by atoms with Crippen LogP contribution in [0.4, 0.5) is 0 Å². The van der Waals surface area contributed by atoms with Gasteiger partial charge in [-0.1, -0.05) is 39.8 Å². The summed E-state index contributed by atoms with van der Waals surface area (Å²) >= 11 is 0. The Hall–Kier alpha value is -2.38. The minimum atomic E-state index is -0.975. The fraction of sp³-hybridized carbons (Fsp3) is 0.744. The summed E-state index contributed by atoms with van der Waals surface area (Å²) in [6, 6.07) is 3.63. The van der Waals surface area contributed by atoms with Crippen molar-refractivity contribution in [2.24, 2.45) is 28.0 Å². The van der Waals surface area contributed by atoms with Crippen molar-refractivity contribution in [2.75, 3.05) is 31.9 Å². The molecule has 0 aromatic heterocycles. The van der Waals surface area contributed by atoms with Gasteiger partial charge in [0.15, 0.2) is 17.5 Å². The van der Waals surface area contributed by atoms with E-state index in [2.05, 4.69) is 32.8 Å². The molecular weight excluding hydrogens is 715 g/mol. The number of nitrogens with zero attached hydrogens (tertiary/aromatic N) is 1. The van der Waals surface area contributed by atoms with Gasteiger partial charge in [0.05, 0.1) is 30.8 Å². The third-order valence-electron chi connectivity index (χ3n) is 12.2. The molecule has 0 saturated carbocycles. The number of piperidine rings is 2. The minimum absolute atomic E-state index is 0.0207. The summed E-state index contributed by atoms with van der Waals surface area (Å²) in [5, 5.41) is 56.2. The number of guanidine groups is 1. The van der Waals surface area contributed by atoms with Crippen LogP contribution >= 0.6 is 21.6 Å². The molecule has 0 amide bonds. The van der Waals surface area contributed by atoms with Gasteiger partial charge in [-0.25, -0.2) is 0 Å². The Bertz CT molecular complexity index is 1510. The number of nitrogens with two attached hydrogens (primary N) is 1. The average Bonchev–Trinajstić information content (AvgIpc) is 3.13. The van der Waals surface area contributed by atoms with Crippen LogP contribution in [0.5, 0.6) is 11.5 Å². The molecule has 5 heterocycles. The van der Waals surface area contributed by atoms with Gasteiger partial charge in [0.2, 0.25) is 0 Å². The highest BCUT2D eigenvalue weighted by molar-refractivity contribution is 8.76. The number of aliphatic hydroxyl groups is 3. The molecule has 0 unspecified atom stereocenters. The number of esters is 1. The van der Waals surface area contributed by atoms with Crippen LogP contribution in [0, 0.1) is 29.1 Å². The van der Waals surface area contributed by atoms with Gasteiger partial charge in [-0.3, -0.25) is 9.79 Å². The zero-order chi connectivity index (χ0) is 37.6. The third kappa shape index (κ3) is 9.90. The van der Waals surface area contributed by atoms with Gasteiger partial charge in [-0.05, 0) is 88.1 Å². The Labute approximate surface area is 322 Å². The normalized spacial score (nSPS) is 36.2. The van der Waals surface area contributed by atoms with E-state index in [0.717, 1.165) is 62.9 Å². The highest BCUT2D eigenvalue weighted by atomic mass is 33.1. The first-order valence-electron chi connectivity index (χ1n) is 19.5. The topological polar surface area (TPSA) is 191 Å². The molecule has 8 bridgehead atoms. The highest BCUT2D eigenvalue weighted by Gasteiger charge is 2.46. The number of ether oxygens (including phenoxy) is 2. The maximum atomic E-state index is 12.7. The molecule has 5 aliphatic heterocycles. The number of hydrogen-bond acceptors (Lipinski definition) is 14. The van der Waals surface area contributed by atoms with Crippen molar-refractivity contribution in [1.82, 2.24) is 16.0 Å². The predicted octanol–water partition coefficient (Wildman–Crippen LogP) is 2.98. The molecule has 12 nitrogen and oxygen atoms in total. The van der Waals surface area contributed by atoms with Gasteiger partial charge in [0.1, 0.15) is 12.2 Å². The Morgan fingerprint density at radius 2 is 2.06 bits per heavy atom. The molecule has 7 rings (SSSR count). The lowest BCUT2D eigenvalue weighted by Gasteiger charge is -2.49. The fourth-order valence-corrected chi connectivity index (χ4v) is 11.6. The van der Waals surface area contributed by atoms with Crippen LogP contribution in [-0.4, -0.2) is 106 Å². The molecule has 10 atom stereocenters. The summed E-state index contributed by atoms with van der Waals surface area (Å²) < 4.78 is 12.7. The van der Waals surface area contributed by atoms with Gasteiger partial charge >= 0.3 is 5.97 Å². The van der Waals surface area contributed by atoms with E-state index < -0.39 is 29.7 Å². The van der Waals surface area contributed by atoms with Gasteiger partial charge < -0.3 is 51.6 Å². The summed E-state index contributed by atoms with van der Waals surface area (Å²) in [5.41, 5.74) is 6.45. The van der Waals surface area contributed by atoms with Crippen LogP contribution in [0.25, 0.3) is 0 Å². The monoisotopic (exact) mass is 773 g/mol. The van der Waals surface area contributed by atoms with E-state index in [9.17, 15) is 25.2 Å². The quantitative estimate of drug-likeness (QED) is 0.127. The van der Waals surface area contributed by atoms with Crippen LogP contribution in [0.3, 0.4) is 0 Å². The largest absolute Gasteiger partial charge is 0.504 e. The first-order chi connectivity index (χ1) is 25.5. The number of benzene rings is 1. The number of phenols is 1. The summed E-state index contributed by atoms with van der Waals surface area (Å²) in [4.78, 5) is 17.4. The summed E-state index contributed by atoms with van der Waals surface area (Å²) in [7, 11) is 3.75. The predicted molar refractivity (Wildman–Crippen MR) is 210 cm³/mol. The van der Waals surface area contributed by atoms with Crippen molar-refractivity contribution in [2.45, 2.75) is 132 Å². The molecule has 1 aromatic rings. The molecule has 6 aliphatic rings. The van der Waals surface area contributed by atoms with E-state index >= 15 is 0 Å². The van der Waals surface area contributed by atoms with Crippen molar-refractivity contribution in [3.05, 3.63) is 23.3 Å². The van der Waals surface area contributed by atoms with Crippen LogP contribution in [-0.2, 0) is 22.6 Å². The summed E-state index contributed by atoms with van der Waals surface area (Å²) in [6.45, 7) is 5.32. The molecule has 9 N–H and O–H groups in total. The Balaban J connectivity index is 1.51. The Morgan fingerprint density at radius 1 is 1.21 bits per heavy atom. The van der Waals surface area contributed by atoms with Crippen molar-refractivity contribution in [3.63, 3.8) is 0 Å². The van der Waals surface area contributed by atoms with E-state index in [-0.39, 0.29) is 54.8 Å². The number of nitrogens with one attached hydrogen (secondary N) is 3. The van der Waals surface area contributed by atoms with E-state index in [0.29, 0.717) is 54.8 Å². The van der Waals surface area contributed by atoms with E-state index in [1.165, 1.54) is 6.92 Å². The van der Waals surface area contributed by atoms with Gasteiger partial charge in [0.25, 0.3) is 0 Å². The van der Waals surface area contributed by atoms with Gasteiger partial charge in [-0.15, -0.1) is 0 Å². The van der Waals surface area contributed by atoms with Gasteiger partial charge in [0, 0.05) is 67.3 Å². The highest BCUT2D eigenvalue weighted by Crippen LogP contribution is 2.43. The Kier molecular flexibility index (Phi) is 13.7. The standard InChI is InChI=1S/C39H59N5O7S2/c1-24(46)38-11-7-26-4-3-10-39(36-6-5-31(21-42-36)53-52-15-14-41-37(40)43-23-38)20-30(9-13-44-39)51-35-18-27(28(22-45)17-33(35)49)16-32(26)34(50-25(2)47)19-29(48)8-12-38/h17-18,24,26,29-32,34,36,42,44-46,48-49H,3-6,8-10,12-16,19-23H2,1-2H3,(H3,40,41,43)/t24-,26+,29-,30-,31+,32-,34-,36+,38-,39-/m0/s1. The number of fused-ring (bicyclic) bond motifs is 11. The van der Waals surface area contributed by atoms with Crippen molar-refractivity contribution >= 4 is 33.5 Å². The molecular formula is C39H59N5O7S2. The lowest BCUT2D eigenvalue weighted by atomic mass is 9.71. The zero-order valence-electron chi connectivity index (χ0n) is 31.1. The third-order valence-corrected chi connectivity index (χ3v) is 15.1. The van der Waals surface area contributed by atoms with E-state index in [1.54, 1.807) is 13.0 Å². The number of aromatic hydroxyl groups is 1. The Morgan fingerprint density at radius 3 is 2.81 bits per heavy atom. The molecule has 1 spiro atoms. The second-order valence-corrected chi connectivity index (χ2v) is 18.6. The van der Waals surface area contributed by atoms with Crippen LogP contribution in [0.1, 0.15) is 89.2 Å². The molecule has 2 fully saturated rings. The molecule has 0 radical (unpaired) electrons. The smallest absolute Gasteiger partial charge is 0.302 e. The second kappa shape index (κ2) is 18.0. The van der Waals surface area contributed by atoms with Crippen LogP contribution in [0.15, 0.2) is 17.1 Å². The number of hydrogen-bond donors (Lipinski definition) is 8. The molecule has 1 aliphatic carbocycles. The number of carbonyl (C=O) groups excluding carboxylic acids is 1. The minimum Gasteiger partial charge on any atom is -0.504 e. The number of rotatable bonds is 3. The molecule has 2 saturated heterocycles. The SMILES string of the molecule is CC(=O)O[C@H]1C[C@@H](O)CC[C@@]2([C@H](C)O)C#C[C@H]3CCC[C@]4(C[C@H](CCN4)Oc4cc(c(CO)cc4O)C[C@H]13)[C@H]1CC[C@H](CN1)SSCCNC(N)=NC2. The first kappa shape index (κ1) is 40.3. The lowest BCUT2D eigenvalue weighted by molar-refractivity contribution is -0.152. The number of aliphatic imine (C=N–C) groups is 1. The van der Waals surface area contributed by atoms with Crippen molar-refractivity contribution in [3.8, 4) is 23.3 Å². The summed E-state index contributed by atoms with van der Waals surface area (Å²) in [6.07, 6.45) is 4.80. The molecule has 14 heteroatoms. The average molecular weight is 774 g/mol. The molecule has 1 aromatic carbocycles. The zero-order valence-corrected chi connectivity index (χ0v) is 32.8. The molecule has 294 valence electrons. The number of phenolic OH excluding ortho intramolecular Hbond substituents is 1. The lowest BCUT2D eigenvalue weighted by Crippen LogP contribution is -2.66. The van der Waals surface area contributed by atoms with Gasteiger partial charge in [-0.2, -0.15) is 0 Å².